The fraction of sp³-hybridized carbons (Fsp3) is 0.412. The van der Waals surface area contributed by atoms with Crippen LogP contribution in [0.2, 0.25) is 0 Å². The zero-order valence-electron chi connectivity index (χ0n) is 13.8. The largest absolute Gasteiger partial charge is 0.416 e. The molecule has 0 aliphatic heterocycles. The third-order valence-electron chi connectivity index (χ3n) is 4.39. The van der Waals surface area contributed by atoms with Gasteiger partial charge in [0.2, 0.25) is 5.91 Å². The molecule has 2 N–H and O–H groups in total. The van der Waals surface area contributed by atoms with E-state index in [0.717, 1.165) is 6.07 Å². The van der Waals surface area contributed by atoms with Crippen LogP contribution in [0.5, 0.6) is 0 Å². The molecule has 1 heterocycles. The lowest BCUT2D eigenvalue weighted by Gasteiger charge is -2.16. The number of amides is 1. The summed E-state index contributed by atoms with van der Waals surface area (Å²) in [7, 11) is 3.40. The number of aromatic nitrogens is 2. The van der Waals surface area contributed by atoms with Crippen molar-refractivity contribution in [3.63, 3.8) is 0 Å². The van der Waals surface area contributed by atoms with Crippen molar-refractivity contribution in [3.05, 3.63) is 53.3 Å². The van der Waals surface area contributed by atoms with Crippen molar-refractivity contribution in [2.24, 2.45) is 7.05 Å². The van der Waals surface area contributed by atoms with Gasteiger partial charge < -0.3 is 10.6 Å². The highest BCUT2D eigenvalue weighted by atomic mass is 19.4. The highest BCUT2D eigenvalue weighted by molar-refractivity contribution is 5.83. The van der Waals surface area contributed by atoms with Crippen molar-refractivity contribution in [3.8, 4) is 0 Å². The number of carbonyl (C=O) groups excluding carboxylic acids is 1. The number of benzene rings is 1. The van der Waals surface area contributed by atoms with Crippen LogP contribution in [-0.4, -0.2) is 28.8 Å². The molecule has 2 aromatic rings. The van der Waals surface area contributed by atoms with Gasteiger partial charge in [0.1, 0.15) is 6.04 Å². The average Bonchev–Trinajstić information content (AvgIpc) is 3.18. The number of aryl methyl sites for hydroxylation is 1. The Morgan fingerprint density at radius 3 is 2.68 bits per heavy atom. The Balaban J connectivity index is 1.70. The van der Waals surface area contributed by atoms with E-state index in [2.05, 4.69) is 15.7 Å². The average molecular weight is 352 g/mol. The topological polar surface area (TPSA) is 59.0 Å². The fourth-order valence-electron chi connectivity index (χ4n) is 3.08. The summed E-state index contributed by atoms with van der Waals surface area (Å²) < 4.78 is 41.0. The van der Waals surface area contributed by atoms with Crippen molar-refractivity contribution < 1.29 is 18.0 Å². The number of carbonyl (C=O) groups is 1. The van der Waals surface area contributed by atoms with Crippen LogP contribution in [0.3, 0.4) is 0 Å². The molecule has 0 bridgehead atoms. The molecule has 1 amide bonds. The van der Waals surface area contributed by atoms with E-state index >= 15 is 0 Å². The first kappa shape index (κ1) is 17.5. The summed E-state index contributed by atoms with van der Waals surface area (Å²) in [4.78, 5) is 12.5. The van der Waals surface area contributed by atoms with E-state index in [9.17, 15) is 18.0 Å². The van der Waals surface area contributed by atoms with Crippen molar-refractivity contribution >= 4 is 5.91 Å². The van der Waals surface area contributed by atoms with Gasteiger partial charge in [-0.05, 0) is 25.1 Å². The summed E-state index contributed by atoms with van der Waals surface area (Å²) in [6.07, 6.45) is -0.576. The van der Waals surface area contributed by atoms with E-state index in [4.69, 9.17) is 0 Å². The molecular weight excluding hydrogens is 333 g/mol. The molecule has 1 saturated carbocycles. The molecule has 1 fully saturated rings. The van der Waals surface area contributed by atoms with Gasteiger partial charge in [-0.25, -0.2) is 0 Å². The number of hydrogen-bond donors (Lipinski definition) is 2. The second kappa shape index (κ2) is 6.51. The lowest BCUT2D eigenvalue weighted by atomic mass is 10.0. The predicted octanol–water partition coefficient (Wildman–Crippen LogP) is 2.37. The Morgan fingerprint density at radius 2 is 2.08 bits per heavy atom. The summed E-state index contributed by atoms with van der Waals surface area (Å²) >= 11 is 0. The smallest absolute Gasteiger partial charge is 0.351 e. The van der Waals surface area contributed by atoms with Crippen molar-refractivity contribution in [1.82, 2.24) is 20.4 Å². The zero-order chi connectivity index (χ0) is 18.2. The number of halogens is 3. The molecule has 0 radical (unpaired) electrons. The lowest BCUT2D eigenvalue weighted by molar-refractivity contribution is -0.138. The van der Waals surface area contributed by atoms with Crippen molar-refractivity contribution in [1.29, 1.82) is 0 Å². The molecule has 134 valence electrons. The molecular formula is C17H19F3N4O. The Morgan fingerprint density at radius 1 is 1.36 bits per heavy atom. The number of likely N-dealkylation sites (N-methyl/N-ethyl adjacent to an activating group) is 1. The lowest BCUT2D eigenvalue weighted by Crippen LogP contribution is -2.37. The molecule has 3 unspecified atom stereocenters. The minimum atomic E-state index is -4.39. The molecule has 3 rings (SSSR count). The maximum atomic E-state index is 13.1. The van der Waals surface area contributed by atoms with E-state index in [1.54, 1.807) is 37.2 Å². The van der Waals surface area contributed by atoms with E-state index in [1.165, 1.54) is 12.1 Å². The maximum absolute atomic E-state index is 13.1. The monoisotopic (exact) mass is 352 g/mol. The summed E-state index contributed by atoms with van der Waals surface area (Å²) in [6.45, 7) is 0. The standard InChI is InChI=1S/C17H19F3N4O/c1-21-15(10-8-22-24(2)9-10)16(25)23-14-7-12(14)11-5-3-4-6-13(11)17(18,19)20/h3-6,8-9,12,14-15,21H,7H2,1-2H3,(H,23,25). The summed E-state index contributed by atoms with van der Waals surface area (Å²) in [6, 6.07) is 4.65. The van der Waals surface area contributed by atoms with Gasteiger partial charge in [-0.15, -0.1) is 0 Å². The summed E-state index contributed by atoms with van der Waals surface area (Å²) in [5, 5.41) is 9.78. The molecule has 5 nitrogen and oxygen atoms in total. The highest BCUT2D eigenvalue weighted by Crippen LogP contribution is 2.46. The van der Waals surface area contributed by atoms with Crippen LogP contribution in [0.4, 0.5) is 13.2 Å². The van der Waals surface area contributed by atoms with E-state index in [-0.39, 0.29) is 23.4 Å². The van der Waals surface area contributed by atoms with Crippen LogP contribution in [0.15, 0.2) is 36.7 Å². The van der Waals surface area contributed by atoms with E-state index in [1.807, 2.05) is 0 Å². The van der Waals surface area contributed by atoms with E-state index < -0.39 is 17.8 Å². The SMILES string of the molecule is CNC(C(=O)NC1CC1c1ccccc1C(F)(F)F)c1cnn(C)c1. The molecule has 1 aliphatic carbocycles. The number of alkyl halides is 3. The van der Waals surface area contributed by atoms with Crippen LogP contribution in [-0.2, 0) is 18.0 Å². The van der Waals surface area contributed by atoms with Crippen LogP contribution < -0.4 is 10.6 Å². The van der Waals surface area contributed by atoms with Gasteiger partial charge in [0.05, 0.1) is 11.8 Å². The van der Waals surface area contributed by atoms with Gasteiger partial charge in [0.15, 0.2) is 0 Å². The number of hydrogen-bond acceptors (Lipinski definition) is 3. The Hall–Kier alpha value is -2.35. The molecule has 0 saturated heterocycles. The number of rotatable bonds is 5. The van der Waals surface area contributed by atoms with Crippen LogP contribution >= 0.6 is 0 Å². The third-order valence-corrected chi connectivity index (χ3v) is 4.39. The third kappa shape index (κ3) is 3.68. The molecule has 25 heavy (non-hydrogen) atoms. The normalized spacial score (nSPS) is 21.0. The van der Waals surface area contributed by atoms with Gasteiger partial charge in [-0.3, -0.25) is 9.48 Å². The number of nitrogens with one attached hydrogen (secondary N) is 2. The zero-order valence-corrected chi connectivity index (χ0v) is 13.8. The fourth-order valence-corrected chi connectivity index (χ4v) is 3.08. The molecule has 8 heteroatoms. The summed E-state index contributed by atoms with van der Waals surface area (Å²) in [5.74, 6) is -0.583. The van der Waals surface area contributed by atoms with Gasteiger partial charge >= 0.3 is 6.18 Å². The first-order valence-corrected chi connectivity index (χ1v) is 7.93. The van der Waals surface area contributed by atoms with Gasteiger partial charge in [-0.2, -0.15) is 18.3 Å². The van der Waals surface area contributed by atoms with Crippen LogP contribution in [0.25, 0.3) is 0 Å². The first-order valence-electron chi connectivity index (χ1n) is 7.93. The second-order valence-electron chi connectivity index (χ2n) is 6.21. The Kier molecular flexibility index (Phi) is 4.55. The quantitative estimate of drug-likeness (QED) is 0.869. The maximum Gasteiger partial charge on any atom is 0.416 e. The minimum absolute atomic E-state index is 0.239. The van der Waals surface area contributed by atoms with E-state index in [0.29, 0.717) is 12.0 Å². The first-order chi connectivity index (χ1) is 11.8. The predicted molar refractivity (Wildman–Crippen MR) is 85.7 cm³/mol. The highest BCUT2D eigenvalue weighted by Gasteiger charge is 2.45. The molecule has 3 atom stereocenters. The Labute approximate surface area is 143 Å². The van der Waals surface area contributed by atoms with Crippen molar-refractivity contribution in [2.45, 2.75) is 30.6 Å². The van der Waals surface area contributed by atoms with Crippen LogP contribution in [0, 0.1) is 0 Å². The van der Waals surface area contributed by atoms with Gasteiger partial charge in [0.25, 0.3) is 0 Å². The molecule has 1 aliphatic rings. The van der Waals surface area contributed by atoms with Crippen molar-refractivity contribution in [2.75, 3.05) is 7.05 Å². The molecule has 1 aromatic carbocycles. The molecule has 0 spiro atoms. The second-order valence-corrected chi connectivity index (χ2v) is 6.21. The summed E-state index contributed by atoms with van der Waals surface area (Å²) in [5.41, 5.74) is 0.312. The van der Waals surface area contributed by atoms with Crippen LogP contribution in [0.1, 0.15) is 35.1 Å². The molecule has 1 aromatic heterocycles. The number of nitrogens with zero attached hydrogens (tertiary/aromatic N) is 2. The minimum Gasteiger partial charge on any atom is -0.351 e. The van der Waals surface area contributed by atoms with Gasteiger partial charge in [0, 0.05) is 30.8 Å². The Bertz CT molecular complexity index is 771. The van der Waals surface area contributed by atoms with Gasteiger partial charge in [-0.1, -0.05) is 18.2 Å².